The van der Waals surface area contributed by atoms with E-state index in [0.29, 0.717) is 25.2 Å². The number of sulfonamides is 1. The lowest BCUT2D eigenvalue weighted by molar-refractivity contribution is -0.115. The van der Waals surface area contributed by atoms with Crippen LogP contribution in [-0.4, -0.2) is 60.9 Å². The molecule has 0 bridgehead atoms. The number of carbonyl (C=O) groups excluding carboxylic acids is 1. The van der Waals surface area contributed by atoms with Gasteiger partial charge in [-0.05, 0) is 32.8 Å². The second-order valence-corrected chi connectivity index (χ2v) is 10.2. The summed E-state index contributed by atoms with van der Waals surface area (Å²) >= 11 is 0. The first-order chi connectivity index (χ1) is 13.8. The van der Waals surface area contributed by atoms with Gasteiger partial charge in [-0.2, -0.15) is 4.31 Å². The minimum absolute atomic E-state index is 0.0166. The number of nitrogens with one attached hydrogen (secondary N) is 2. The standard InChI is InChI=1S/C20H30N4O4S/c1-4-29(26,27)24-11-10-18(21-13-16-8-6-5-7-9-16)20(14-24)12-17(23-28-20)19(25)22-15(2)3/h5-9,15,18,21H,4,10-14H2,1-3H3,(H,22,25)/t18-,20+/m0/s1. The Morgan fingerprint density at radius 1 is 1.34 bits per heavy atom. The van der Waals surface area contributed by atoms with Gasteiger partial charge >= 0.3 is 0 Å². The topological polar surface area (TPSA) is 100 Å². The van der Waals surface area contributed by atoms with Gasteiger partial charge in [0.1, 0.15) is 5.71 Å². The average Bonchev–Trinajstić information content (AvgIpc) is 3.12. The Hall–Kier alpha value is -1.97. The molecule has 1 aromatic carbocycles. The third-order valence-electron chi connectivity index (χ3n) is 5.39. The molecule has 160 valence electrons. The molecule has 0 saturated carbocycles. The lowest BCUT2D eigenvalue weighted by atomic mass is 9.84. The summed E-state index contributed by atoms with van der Waals surface area (Å²) in [5.41, 5.74) is 0.544. The maximum absolute atomic E-state index is 12.5. The van der Waals surface area contributed by atoms with Crippen molar-refractivity contribution < 1.29 is 18.0 Å². The first kappa shape index (κ1) is 21.7. The number of carbonyl (C=O) groups is 1. The first-order valence-electron chi connectivity index (χ1n) is 10.1. The van der Waals surface area contributed by atoms with Gasteiger partial charge in [-0.1, -0.05) is 35.5 Å². The smallest absolute Gasteiger partial charge is 0.269 e. The monoisotopic (exact) mass is 422 g/mol. The number of amides is 1. The fraction of sp³-hybridized carbons (Fsp3) is 0.600. The second kappa shape index (κ2) is 8.81. The Kier molecular flexibility index (Phi) is 6.60. The van der Waals surface area contributed by atoms with Crippen molar-refractivity contribution in [3.05, 3.63) is 35.9 Å². The predicted molar refractivity (Wildman–Crippen MR) is 112 cm³/mol. The number of rotatable bonds is 7. The molecule has 2 N–H and O–H groups in total. The minimum Gasteiger partial charge on any atom is -0.385 e. The second-order valence-electron chi connectivity index (χ2n) is 7.94. The quantitative estimate of drug-likeness (QED) is 0.689. The maximum atomic E-state index is 12.5. The summed E-state index contributed by atoms with van der Waals surface area (Å²) < 4.78 is 26.4. The van der Waals surface area contributed by atoms with Gasteiger partial charge in [0, 0.05) is 25.6 Å². The van der Waals surface area contributed by atoms with Crippen molar-refractivity contribution in [3.8, 4) is 0 Å². The van der Waals surface area contributed by atoms with Gasteiger partial charge in [0.05, 0.1) is 18.3 Å². The number of oxime groups is 1. The van der Waals surface area contributed by atoms with Crippen molar-refractivity contribution in [1.82, 2.24) is 14.9 Å². The van der Waals surface area contributed by atoms with E-state index in [2.05, 4.69) is 15.8 Å². The number of hydrogen-bond acceptors (Lipinski definition) is 6. The Morgan fingerprint density at radius 2 is 2.07 bits per heavy atom. The SMILES string of the molecule is CCS(=O)(=O)N1CC[C@H](NCc2ccccc2)[C@@]2(CC(C(=O)NC(C)C)=NO2)C1. The van der Waals surface area contributed by atoms with E-state index in [1.54, 1.807) is 6.92 Å². The summed E-state index contributed by atoms with van der Waals surface area (Å²) in [4.78, 5) is 18.3. The summed E-state index contributed by atoms with van der Waals surface area (Å²) in [5.74, 6) is -0.235. The van der Waals surface area contributed by atoms with Crippen LogP contribution in [0.4, 0.5) is 0 Å². The molecule has 2 aliphatic heterocycles. The highest BCUT2D eigenvalue weighted by atomic mass is 32.2. The highest BCUT2D eigenvalue weighted by molar-refractivity contribution is 7.89. The number of benzene rings is 1. The zero-order chi connectivity index (χ0) is 21.1. The molecule has 0 aromatic heterocycles. The van der Waals surface area contributed by atoms with Crippen LogP contribution in [0.1, 0.15) is 39.2 Å². The molecule has 1 amide bonds. The summed E-state index contributed by atoms with van der Waals surface area (Å²) in [6, 6.07) is 9.84. The zero-order valence-electron chi connectivity index (χ0n) is 17.2. The Morgan fingerprint density at radius 3 is 2.72 bits per heavy atom. The molecule has 0 aliphatic carbocycles. The maximum Gasteiger partial charge on any atom is 0.269 e. The molecule has 0 radical (unpaired) electrons. The molecule has 2 atom stereocenters. The first-order valence-corrected chi connectivity index (χ1v) is 11.7. The molecule has 1 fully saturated rings. The largest absolute Gasteiger partial charge is 0.385 e. The Labute approximate surface area is 172 Å². The van der Waals surface area contributed by atoms with Crippen molar-refractivity contribution in [3.63, 3.8) is 0 Å². The lowest BCUT2D eigenvalue weighted by Gasteiger charge is -2.43. The van der Waals surface area contributed by atoms with Gasteiger partial charge in [0.25, 0.3) is 5.91 Å². The van der Waals surface area contributed by atoms with Crippen LogP contribution in [0.5, 0.6) is 0 Å². The summed E-state index contributed by atoms with van der Waals surface area (Å²) in [5, 5.41) is 10.4. The fourth-order valence-corrected chi connectivity index (χ4v) is 4.97. The van der Waals surface area contributed by atoms with E-state index in [4.69, 9.17) is 4.84 Å². The van der Waals surface area contributed by atoms with Crippen molar-refractivity contribution in [2.45, 2.75) is 57.8 Å². The molecule has 1 spiro atoms. The van der Waals surface area contributed by atoms with Gasteiger partial charge in [-0.3, -0.25) is 4.79 Å². The molecule has 1 saturated heterocycles. The van der Waals surface area contributed by atoms with E-state index in [1.165, 1.54) is 4.31 Å². The minimum atomic E-state index is -3.36. The highest BCUT2D eigenvalue weighted by Gasteiger charge is 2.52. The molecular weight excluding hydrogens is 392 g/mol. The van der Waals surface area contributed by atoms with Crippen molar-refractivity contribution in [2.24, 2.45) is 5.16 Å². The van der Waals surface area contributed by atoms with Gasteiger partial charge in [-0.15, -0.1) is 0 Å². The molecular formula is C20H30N4O4S. The van der Waals surface area contributed by atoms with Crippen molar-refractivity contribution in [2.75, 3.05) is 18.8 Å². The zero-order valence-corrected chi connectivity index (χ0v) is 18.0. The number of nitrogens with zero attached hydrogens (tertiary/aromatic N) is 2. The van der Waals surface area contributed by atoms with Gasteiger partial charge in [-0.25, -0.2) is 8.42 Å². The van der Waals surface area contributed by atoms with Gasteiger partial charge < -0.3 is 15.5 Å². The van der Waals surface area contributed by atoms with Crippen LogP contribution in [0.3, 0.4) is 0 Å². The third kappa shape index (κ3) is 4.96. The molecule has 0 unspecified atom stereocenters. The third-order valence-corrected chi connectivity index (χ3v) is 7.21. The van der Waals surface area contributed by atoms with Gasteiger partial charge in [0.2, 0.25) is 10.0 Å². The highest BCUT2D eigenvalue weighted by Crippen LogP contribution is 2.35. The van der Waals surface area contributed by atoms with E-state index < -0.39 is 15.6 Å². The lowest BCUT2D eigenvalue weighted by Crippen LogP contribution is -2.63. The van der Waals surface area contributed by atoms with E-state index in [9.17, 15) is 13.2 Å². The fourth-order valence-electron chi connectivity index (χ4n) is 3.80. The molecule has 1 aromatic rings. The van der Waals surface area contributed by atoms with Crippen LogP contribution in [0.2, 0.25) is 0 Å². The molecule has 2 heterocycles. The van der Waals surface area contributed by atoms with Crippen LogP contribution in [0.15, 0.2) is 35.5 Å². The van der Waals surface area contributed by atoms with Crippen LogP contribution in [0.25, 0.3) is 0 Å². The molecule has 29 heavy (non-hydrogen) atoms. The molecule has 3 rings (SSSR count). The van der Waals surface area contributed by atoms with Crippen LogP contribution in [0, 0.1) is 0 Å². The van der Waals surface area contributed by atoms with Crippen molar-refractivity contribution in [1.29, 1.82) is 0 Å². The summed E-state index contributed by atoms with van der Waals surface area (Å²) in [6.07, 6.45) is 0.856. The van der Waals surface area contributed by atoms with E-state index in [1.807, 2.05) is 44.2 Å². The Bertz CT molecular complexity index is 856. The van der Waals surface area contributed by atoms with E-state index >= 15 is 0 Å². The van der Waals surface area contributed by atoms with E-state index in [-0.39, 0.29) is 36.7 Å². The number of piperidine rings is 1. The van der Waals surface area contributed by atoms with Crippen LogP contribution >= 0.6 is 0 Å². The average molecular weight is 423 g/mol. The molecule has 2 aliphatic rings. The normalized spacial score (nSPS) is 25.1. The summed E-state index contributed by atoms with van der Waals surface area (Å²) in [6.45, 7) is 6.62. The van der Waals surface area contributed by atoms with Crippen LogP contribution in [-0.2, 0) is 26.2 Å². The Balaban J connectivity index is 1.78. The van der Waals surface area contributed by atoms with Crippen molar-refractivity contribution >= 4 is 21.6 Å². The van der Waals surface area contributed by atoms with E-state index in [0.717, 1.165) is 5.56 Å². The van der Waals surface area contributed by atoms with Gasteiger partial charge in [0.15, 0.2) is 5.60 Å². The summed E-state index contributed by atoms with van der Waals surface area (Å²) in [7, 11) is -3.36. The predicted octanol–water partition coefficient (Wildman–Crippen LogP) is 1.24. The molecule has 9 heteroatoms. The number of hydrogen-bond donors (Lipinski definition) is 2. The molecule has 8 nitrogen and oxygen atoms in total. The van der Waals surface area contributed by atoms with Crippen LogP contribution < -0.4 is 10.6 Å².